The molecule has 0 amide bonds. The second-order valence-electron chi connectivity index (χ2n) is 7.55. The summed E-state index contributed by atoms with van der Waals surface area (Å²) in [5, 5.41) is 21.4. The number of Topliss-reactive ketones (excluding diaryl/α,β-unsaturated/α-hetero) is 1. The third-order valence-electron chi connectivity index (χ3n) is 5.43. The number of pyridine rings is 1. The van der Waals surface area contributed by atoms with Crippen LogP contribution in [0.1, 0.15) is 29.7 Å². The van der Waals surface area contributed by atoms with Crippen molar-refractivity contribution in [2.75, 3.05) is 11.5 Å². The van der Waals surface area contributed by atoms with Gasteiger partial charge in [0.1, 0.15) is 5.76 Å². The molecule has 2 heterocycles. The summed E-state index contributed by atoms with van der Waals surface area (Å²) in [6.45, 7) is 8.16. The van der Waals surface area contributed by atoms with Gasteiger partial charge in [-0.15, -0.1) is 0 Å². The molecule has 162 valence electrons. The zero-order chi connectivity index (χ0) is 22.8. The minimum atomic E-state index is -0.680. The number of phenols is 1. The van der Waals surface area contributed by atoms with Gasteiger partial charge in [-0.1, -0.05) is 42.5 Å². The van der Waals surface area contributed by atoms with Gasteiger partial charge in [-0.05, 0) is 43.7 Å². The normalized spacial score (nSPS) is 17.6. The summed E-state index contributed by atoms with van der Waals surface area (Å²) in [7, 11) is 0. The fourth-order valence-electron chi connectivity index (χ4n) is 3.87. The lowest BCUT2D eigenvalue weighted by atomic mass is 9.94. The van der Waals surface area contributed by atoms with Gasteiger partial charge in [-0.2, -0.15) is 0 Å². The predicted octanol–water partition coefficient (Wildman–Crippen LogP) is 5.11. The average molecular weight is 428 g/mol. The molecule has 4 rings (SSSR count). The van der Waals surface area contributed by atoms with E-state index in [1.807, 2.05) is 32.0 Å². The van der Waals surface area contributed by atoms with E-state index in [1.54, 1.807) is 47.6 Å². The van der Waals surface area contributed by atoms with Crippen LogP contribution < -0.4 is 9.64 Å². The van der Waals surface area contributed by atoms with E-state index >= 15 is 0 Å². The standard InChI is InChI=1S/C26H24N2O4/c1-4-32-22-14-19(11-12-21(22)29)24-23(26(31)18-9-7-16(2)8-10-18)25(30)17(3)28(24)20-6-5-13-27-15-20/h5-15,24,29,31H,3-4H2,1-2H3/b26-23+. The van der Waals surface area contributed by atoms with Crippen molar-refractivity contribution in [2.45, 2.75) is 19.9 Å². The molecule has 0 saturated carbocycles. The van der Waals surface area contributed by atoms with Crippen molar-refractivity contribution in [3.8, 4) is 11.5 Å². The number of rotatable bonds is 5. The van der Waals surface area contributed by atoms with E-state index in [-0.39, 0.29) is 28.6 Å². The Morgan fingerprint density at radius 2 is 1.94 bits per heavy atom. The van der Waals surface area contributed by atoms with Crippen LogP contribution in [0.3, 0.4) is 0 Å². The fourth-order valence-corrected chi connectivity index (χ4v) is 3.87. The SMILES string of the molecule is C=C1C(=O)/C(=C(/O)c2ccc(C)cc2)C(c2ccc(O)c(OCC)c2)N1c1cccnc1. The Morgan fingerprint density at radius 1 is 1.19 bits per heavy atom. The molecule has 1 fully saturated rings. The Labute approximate surface area is 186 Å². The molecule has 1 aromatic heterocycles. The molecule has 2 aromatic carbocycles. The van der Waals surface area contributed by atoms with Gasteiger partial charge < -0.3 is 19.8 Å². The number of aliphatic hydroxyl groups is 1. The van der Waals surface area contributed by atoms with Crippen molar-refractivity contribution >= 4 is 17.2 Å². The number of carbonyl (C=O) groups is 1. The van der Waals surface area contributed by atoms with Crippen LogP contribution in [0.4, 0.5) is 5.69 Å². The molecule has 1 atom stereocenters. The minimum absolute atomic E-state index is 0.0000334. The summed E-state index contributed by atoms with van der Waals surface area (Å²) in [5.41, 5.74) is 3.33. The topological polar surface area (TPSA) is 82.9 Å². The molecule has 6 heteroatoms. The molecule has 1 unspecified atom stereocenters. The molecule has 6 nitrogen and oxygen atoms in total. The maximum absolute atomic E-state index is 13.4. The van der Waals surface area contributed by atoms with Crippen LogP contribution >= 0.6 is 0 Å². The van der Waals surface area contributed by atoms with E-state index in [0.717, 1.165) is 5.56 Å². The van der Waals surface area contributed by atoms with Gasteiger partial charge in [0, 0.05) is 11.8 Å². The Bertz CT molecular complexity index is 1200. The number of aromatic nitrogens is 1. The zero-order valence-corrected chi connectivity index (χ0v) is 17.9. The van der Waals surface area contributed by atoms with Crippen molar-refractivity contribution in [2.24, 2.45) is 0 Å². The highest BCUT2D eigenvalue weighted by Crippen LogP contribution is 2.46. The number of aromatic hydroxyl groups is 1. The molecular formula is C26H24N2O4. The first-order valence-electron chi connectivity index (χ1n) is 10.3. The van der Waals surface area contributed by atoms with E-state index in [2.05, 4.69) is 11.6 Å². The summed E-state index contributed by atoms with van der Waals surface area (Å²) in [5.74, 6) is -0.170. The van der Waals surface area contributed by atoms with Crippen LogP contribution in [-0.4, -0.2) is 27.6 Å². The molecule has 0 spiro atoms. The number of allylic oxidation sites excluding steroid dienone is 1. The summed E-state index contributed by atoms with van der Waals surface area (Å²) < 4.78 is 5.56. The molecule has 32 heavy (non-hydrogen) atoms. The maximum Gasteiger partial charge on any atom is 0.210 e. The van der Waals surface area contributed by atoms with Crippen LogP contribution in [0.15, 0.2) is 84.8 Å². The summed E-state index contributed by atoms with van der Waals surface area (Å²) in [4.78, 5) is 19.3. The Balaban J connectivity index is 1.95. The van der Waals surface area contributed by atoms with Crippen molar-refractivity contribution in [3.05, 3.63) is 102 Å². The van der Waals surface area contributed by atoms with E-state index in [9.17, 15) is 15.0 Å². The van der Waals surface area contributed by atoms with E-state index < -0.39 is 6.04 Å². The van der Waals surface area contributed by atoms with Crippen LogP contribution in [0.25, 0.3) is 5.76 Å². The predicted molar refractivity (Wildman–Crippen MR) is 124 cm³/mol. The molecule has 3 aromatic rings. The smallest absolute Gasteiger partial charge is 0.210 e. The Morgan fingerprint density at radius 3 is 2.59 bits per heavy atom. The number of anilines is 1. The maximum atomic E-state index is 13.4. The number of hydrogen-bond donors (Lipinski definition) is 2. The number of phenolic OH excluding ortho intramolecular Hbond substituents is 1. The Hall–Kier alpha value is -4.06. The average Bonchev–Trinajstić information content (AvgIpc) is 3.06. The van der Waals surface area contributed by atoms with Gasteiger partial charge in [-0.3, -0.25) is 9.78 Å². The van der Waals surface area contributed by atoms with E-state index in [4.69, 9.17) is 4.74 Å². The Kier molecular flexibility index (Phi) is 5.69. The van der Waals surface area contributed by atoms with Crippen molar-refractivity contribution in [1.29, 1.82) is 0 Å². The van der Waals surface area contributed by atoms with Crippen molar-refractivity contribution in [3.63, 3.8) is 0 Å². The van der Waals surface area contributed by atoms with Crippen LogP contribution in [-0.2, 0) is 4.79 Å². The largest absolute Gasteiger partial charge is 0.507 e. The van der Waals surface area contributed by atoms with Gasteiger partial charge >= 0.3 is 0 Å². The fraction of sp³-hybridized carbons (Fsp3) is 0.154. The van der Waals surface area contributed by atoms with E-state index in [1.165, 1.54) is 6.07 Å². The molecule has 1 aliphatic heterocycles. The highest BCUT2D eigenvalue weighted by atomic mass is 16.5. The first-order chi connectivity index (χ1) is 15.4. The van der Waals surface area contributed by atoms with Gasteiger partial charge in [0.25, 0.3) is 0 Å². The number of benzene rings is 2. The number of aryl methyl sites for hydroxylation is 1. The molecular weight excluding hydrogens is 404 g/mol. The lowest BCUT2D eigenvalue weighted by Crippen LogP contribution is -2.22. The second-order valence-corrected chi connectivity index (χ2v) is 7.55. The van der Waals surface area contributed by atoms with Crippen LogP contribution in [0, 0.1) is 6.92 Å². The summed E-state index contributed by atoms with van der Waals surface area (Å²) >= 11 is 0. The summed E-state index contributed by atoms with van der Waals surface area (Å²) in [6.07, 6.45) is 3.29. The van der Waals surface area contributed by atoms with Crippen LogP contribution in [0.5, 0.6) is 11.5 Å². The number of nitrogens with zero attached hydrogens (tertiary/aromatic N) is 2. The highest BCUT2D eigenvalue weighted by Gasteiger charge is 2.43. The van der Waals surface area contributed by atoms with Gasteiger partial charge in [0.05, 0.1) is 35.8 Å². The molecule has 1 saturated heterocycles. The molecule has 0 radical (unpaired) electrons. The molecule has 0 bridgehead atoms. The number of carbonyl (C=O) groups excluding carboxylic acids is 1. The lowest BCUT2D eigenvalue weighted by Gasteiger charge is -2.27. The first-order valence-corrected chi connectivity index (χ1v) is 10.3. The van der Waals surface area contributed by atoms with Crippen molar-refractivity contribution < 1.29 is 19.7 Å². The third kappa shape index (κ3) is 3.71. The second kappa shape index (κ2) is 8.59. The molecule has 0 aliphatic carbocycles. The first kappa shape index (κ1) is 21.2. The van der Waals surface area contributed by atoms with Crippen molar-refractivity contribution in [1.82, 2.24) is 4.98 Å². The minimum Gasteiger partial charge on any atom is -0.507 e. The molecule has 1 aliphatic rings. The summed E-state index contributed by atoms with van der Waals surface area (Å²) in [6, 6.07) is 15.1. The highest BCUT2D eigenvalue weighted by molar-refractivity contribution is 6.18. The van der Waals surface area contributed by atoms with E-state index in [0.29, 0.717) is 29.2 Å². The quantitative estimate of drug-likeness (QED) is 0.434. The number of ether oxygens (including phenoxy) is 1. The number of ketones is 1. The molecule has 2 N–H and O–H groups in total. The van der Waals surface area contributed by atoms with Gasteiger partial charge in [0.2, 0.25) is 5.78 Å². The van der Waals surface area contributed by atoms with Gasteiger partial charge in [-0.25, -0.2) is 0 Å². The number of hydrogen-bond acceptors (Lipinski definition) is 6. The monoisotopic (exact) mass is 428 g/mol. The lowest BCUT2D eigenvalue weighted by molar-refractivity contribution is -0.111. The zero-order valence-electron chi connectivity index (χ0n) is 17.9. The van der Waals surface area contributed by atoms with Gasteiger partial charge in [0.15, 0.2) is 11.5 Å². The van der Waals surface area contributed by atoms with Crippen LogP contribution in [0.2, 0.25) is 0 Å². The number of aliphatic hydroxyl groups excluding tert-OH is 1. The third-order valence-corrected chi connectivity index (χ3v) is 5.43.